The first kappa shape index (κ1) is 13.3. The average molecular weight is 285 g/mol. The topological polar surface area (TPSA) is 38.3 Å². The molecule has 2 bridgehead atoms. The van der Waals surface area contributed by atoms with Crippen LogP contribution in [0.4, 0.5) is 0 Å². The minimum Gasteiger partial charge on any atom is -0.497 e. The Morgan fingerprint density at radius 3 is 3.00 bits per heavy atom. The van der Waals surface area contributed by atoms with E-state index in [0.29, 0.717) is 23.7 Å². The van der Waals surface area contributed by atoms with Crippen LogP contribution in [-0.4, -0.2) is 25.5 Å². The number of ketones is 1. The lowest BCUT2D eigenvalue weighted by molar-refractivity contribution is -0.127. The smallest absolute Gasteiger partial charge is 0.134 e. The molecule has 0 amide bonds. The molecule has 1 aliphatic heterocycles. The highest BCUT2D eigenvalue weighted by atomic mass is 16.5. The fourth-order valence-electron chi connectivity index (χ4n) is 5.39. The Labute approximate surface area is 126 Å². The molecule has 2 aliphatic carbocycles. The van der Waals surface area contributed by atoms with Crippen LogP contribution in [0.1, 0.15) is 37.3 Å². The van der Waals surface area contributed by atoms with Gasteiger partial charge in [0.25, 0.3) is 0 Å². The lowest BCUT2D eigenvalue weighted by Crippen LogP contribution is -2.62. The Hall–Kier alpha value is -1.35. The van der Waals surface area contributed by atoms with E-state index in [2.05, 4.69) is 30.4 Å². The normalized spacial score (nSPS) is 37.6. The summed E-state index contributed by atoms with van der Waals surface area (Å²) >= 11 is 0. The first-order chi connectivity index (χ1) is 10.1. The van der Waals surface area contributed by atoms with Crippen molar-refractivity contribution in [2.24, 2.45) is 11.8 Å². The summed E-state index contributed by atoms with van der Waals surface area (Å²) in [7, 11) is 1.72. The molecule has 0 unspecified atom stereocenters. The average Bonchev–Trinajstić information content (AvgIpc) is 2.46. The molecule has 1 N–H and O–H groups in total. The largest absolute Gasteiger partial charge is 0.497 e. The summed E-state index contributed by atoms with van der Waals surface area (Å²) in [4.78, 5) is 12.3. The fraction of sp³-hybridized carbons (Fsp3) is 0.611. The molecule has 3 nitrogen and oxygen atoms in total. The third kappa shape index (κ3) is 1.80. The van der Waals surface area contributed by atoms with Crippen LogP contribution >= 0.6 is 0 Å². The molecule has 1 aromatic carbocycles. The van der Waals surface area contributed by atoms with Crippen LogP contribution in [0.3, 0.4) is 0 Å². The molecule has 21 heavy (non-hydrogen) atoms. The molecular formula is C18H23NO2. The fourth-order valence-corrected chi connectivity index (χ4v) is 5.39. The number of hydrogen-bond donors (Lipinski definition) is 1. The van der Waals surface area contributed by atoms with Crippen molar-refractivity contribution < 1.29 is 9.53 Å². The molecule has 112 valence electrons. The van der Waals surface area contributed by atoms with Crippen molar-refractivity contribution in [3.63, 3.8) is 0 Å². The lowest BCUT2D eigenvalue weighted by atomic mass is 9.50. The van der Waals surface area contributed by atoms with E-state index in [0.717, 1.165) is 38.0 Å². The monoisotopic (exact) mass is 285 g/mol. The number of rotatable bonds is 1. The maximum Gasteiger partial charge on any atom is 0.134 e. The Balaban J connectivity index is 1.91. The highest BCUT2D eigenvalue weighted by Gasteiger charge is 2.55. The number of hydrogen-bond acceptors (Lipinski definition) is 3. The second-order valence-corrected chi connectivity index (χ2v) is 7.12. The van der Waals surface area contributed by atoms with Gasteiger partial charge >= 0.3 is 0 Å². The van der Waals surface area contributed by atoms with Crippen molar-refractivity contribution in [2.75, 3.05) is 13.7 Å². The first-order valence-corrected chi connectivity index (χ1v) is 8.06. The van der Waals surface area contributed by atoms with Crippen LogP contribution in [0.2, 0.25) is 0 Å². The van der Waals surface area contributed by atoms with Gasteiger partial charge in [-0.2, -0.15) is 0 Å². The van der Waals surface area contributed by atoms with Crippen molar-refractivity contribution in [1.82, 2.24) is 5.32 Å². The second-order valence-electron chi connectivity index (χ2n) is 7.12. The number of Topliss-reactive ketones (excluding diaryl/α,β-unsaturated/α-hetero) is 1. The maximum atomic E-state index is 12.3. The number of methoxy groups -OCH3 is 1. The minimum atomic E-state index is 0.0484. The number of carbonyl (C=O) groups is 1. The van der Waals surface area contributed by atoms with Crippen molar-refractivity contribution >= 4 is 5.78 Å². The number of ether oxygens (including phenoxy) is 1. The van der Waals surface area contributed by atoms with E-state index in [9.17, 15) is 4.79 Å². The minimum absolute atomic E-state index is 0.0484. The van der Waals surface area contributed by atoms with Gasteiger partial charge in [0.2, 0.25) is 0 Å². The van der Waals surface area contributed by atoms with E-state index in [1.54, 1.807) is 7.11 Å². The van der Waals surface area contributed by atoms with Crippen molar-refractivity contribution in [2.45, 2.75) is 44.1 Å². The summed E-state index contributed by atoms with van der Waals surface area (Å²) in [6.45, 7) is 3.29. The molecule has 0 aromatic heterocycles. The molecule has 3 heteroatoms. The summed E-state index contributed by atoms with van der Waals surface area (Å²) in [5.74, 6) is 2.42. The number of nitrogens with one attached hydrogen (secondary N) is 1. The molecule has 0 spiro atoms. The summed E-state index contributed by atoms with van der Waals surface area (Å²) < 4.78 is 5.45. The van der Waals surface area contributed by atoms with Gasteiger partial charge in [0, 0.05) is 24.3 Å². The molecule has 1 heterocycles. The zero-order valence-electron chi connectivity index (χ0n) is 12.8. The van der Waals surface area contributed by atoms with E-state index < -0.39 is 0 Å². The van der Waals surface area contributed by atoms with Gasteiger partial charge in [-0.3, -0.25) is 4.79 Å². The van der Waals surface area contributed by atoms with Crippen LogP contribution < -0.4 is 10.1 Å². The highest BCUT2D eigenvalue weighted by molar-refractivity contribution is 5.82. The lowest BCUT2D eigenvalue weighted by Gasteiger charge is -2.57. The highest BCUT2D eigenvalue weighted by Crippen LogP contribution is 2.55. The molecule has 2 fully saturated rings. The molecule has 3 aliphatic rings. The Morgan fingerprint density at radius 2 is 2.19 bits per heavy atom. The van der Waals surface area contributed by atoms with Gasteiger partial charge in [-0.05, 0) is 54.5 Å². The van der Waals surface area contributed by atoms with Gasteiger partial charge < -0.3 is 10.1 Å². The van der Waals surface area contributed by atoms with Crippen molar-refractivity contribution in [1.29, 1.82) is 0 Å². The summed E-state index contributed by atoms with van der Waals surface area (Å²) in [5, 5.41) is 3.72. The van der Waals surface area contributed by atoms with Crippen LogP contribution in [0.5, 0.6) is 5.75 Å². The summed E-state index contributed by atoms with van der Waals surface area (Å²) in [6.07, 6.45) is 3.64. The van der Waals surface area contributed by atoms with Gasteiger partial charge in [0.1, 0.15) is 11.5 Å². The zero-order chi connectivity index (χ0) is 14.6. The third-order valence-electron chi connectivity index (χ3n) is 6.02. The summed E-state index contributed by atoms with van der Waals surface area (Å²) in [5.41, 5.74) is 2.85. The maximum absolute atomic E-state index is 12.3. The quantitative estimate of drug-likeness (QED) is 0.861. The molecule has 1 saturated heterocycles. The predicted molar refractivity (Wildman–Crippen MR) is 81.7 cm³/mol. The van der Waals surface area contributed by atoms with Gasteiger partial charge in [-0.1, -0.05) is 13.0 Å². The van der Waals surface area contributed by atoms with E-state index in [1.807, 2.05) is 0 Å². The van der Waals surface area contributed by atoms with Gasteiger partial charge in [0.15, 0.2) is 0 Å². The summed E-state index contributed by atoms with van der Waals surface area (Å²) in [6, 6.07) is 6.99. The van der Waals surface area contributed by atoms with Gasteiger partial charge in [0.05, 0.1) is 7.11 Å². The third-order valence-corrected chi connectivity index (χ3v) is 6.02. The molecule has 4 rings (SSSR count). The number of carbonyl (C=O) groups excluding carboxylic acids is 1. The standard InChI is InChI=1S/C18H23NO2/c1-11-7-13(20)10-18-5-6-19-16(17(11)18)8-12-3-4-14(21-2)9-15(12)18/h3-4,9,11,16-17,19H,5-8,10H2,1-2H3/t11-,16+,17-,18+/m0/s1. The van der Waals surface area contributed by atoms with Crippen molar-refractivity contribution in [3.8, 4) is 5.75 Å². The van der Waals surface area contributed by atoms with Crippen molar-refractivity contribution in [3.05, 3.63) is 29.3 Å². The van der Waals surface area contributed by atoms with Crippen LogP contribution in [-0.2, 0) is 16.6 Å². The molecule has 0 radical (unpaired) electrons. The van der Waals surface area contributed by atoms with E-state index in [1.165, 1.54) is 11.1 Å². The van der Waals surface area contributed by atoms with Gasteiger partial charge in [-0.15, -0.1) is 0 Å². The first-order valence-electron chi connectivity index (χ1n) is 8.06. The number of benzene rings is 1. The zero-order valence-corrected chi connectivity index (χ0v) is 12.8. The Morgan fingerprint density at radius 1 is 1.33 bits per heavy atom. The van der Waals surface area contributed by atoms with E-state index >= 15 is 0 Å². The predicted octanol–water partition coefficient (Wildman–Crippen LogP) is 2.47. The second kappa shape index (κ2) is 4.57. The van der Waals surface area contributed by atoms with Crippen LogP contribution in [0.25, 0.3) is 0 Å². The number of fused-ring (bicyclic) bond motifs is 1. The van der Waals surface area contributed by atoms with E-state index in [-0.39, 0.29) is 5.41 Å². The Bertz CT molecular complexity index is 597. The van der Waals surface area contributed by atoms with Gasteiger partial charge in [-0.25, -0.2) is 0 Å². The molecule has 1 aromatic rings. The molecule has 4 atom stereocenters. The number of piperidine rings is 1. The van der Waals surface area contributed by atoms with E-state index in [4.69, 9.17) is 4.74 Å². The molecular weight excluding hydrogens is 262 g/mol. The SMILES string of the molecule is COc1ccc2c(c1)[C@]13CCN[C@H](C2)[C@@H]1[C@@H](C)CC(=O)C3. The van der Waals surface area contributed by atoms with Crippen LogP contribution in [0, 0.1) is 11.8 Å². The molecule has 1 saturated carbocycles. The Kier molecular flexibility index (Phi) is 2.90. The van der Waals surface area contributed by atoms with Crippen LogP contribution in [0.15, 0.2) is 18.2 Å².